The molecule has 3 fully saturated rings. The van der Waals surface area contributed by atoms with Crippen molar-refractivity contribution in [3.8, 4) is 0 Å². The molecule has 0 aromatic heterocycles. The van der Waals surface area contributed by atoms with Gasteiger partial charge >= 0.3 is 0 Å². The van der Waals surface area contributed by atoms with Crippen molar-refractivity contribution in [2.45, 2.75) is 81.1 Å². The molecular formula is C23H46O2. The van der Waals surface area contributed by atoms with Crippen molar-refractivity contribution in [2.75, 3.05) is 26.4 Å². The minimum atomic E-state index is 0.500. The van der Waals surface area contributed by atoms with Crippen LogP contribution in [-0.2, 0) is 9.47 Å². The summed E-state index contributed by atoms with van der Waals surface area (Å²) in [5.41, 5.74) is 0.500. The summed E-state index contributed by atoms with van der Waals surface area (Å²) >= 11 is 0. The second-order valence-electron chi connectivity index (χ2n) is 9.84. The molecule has 0 amide bonds. The van der Waals surface area contributed by atoms with Crippen LogP contribution in [0.4, 0.5) is 0 Å². The Morgan fingerprint density at radius 3 is 1.28 bits per heavy atom. The molecule has 1 atom stereocenters. The monoisotopic (exact) mass is 354 g/mol. The topological polar surface area (TPSA) is 18.5 Å². The first kappa shape index (κ1) is 23.0. The fraction of sp³-hybridized carbons (Fsp3) is 1.00. The standard InChI is InChI=1S/C9H18O.C7H14O.C7H14/c1-7(2)9(8(3)4)5-10-6-9;1-6(2)7-3-4-8-5-7;1-6(2)7-4-3-5-7/h7-8H,5-6H2,1-4H3;6-7H,3-5H2,1-2H3;6-7H,3-5H2,1-2H3. The molecule has 0 radical (unpaired) electrons. The lowest BCUT2D eigenvalue weighted by Gasteiger charge is -2.48. The smallest absolute Gasteiger partial charge is 0.0549 e. The number of ether oxygens (including phenoxy) is 2. The highest BCUT2D eigenvalue weighted by Crippen LogP contribution is 2.42. The third kappa shape index (κ3) is 6.86. The van der Waals surface area contributed by atoms with Gasteiger partial charge in [-0.05, 0) is 41.9 Å². The zero-order chi connectivity index (χ0) is 19.0. The van der Waals surface area contributed by atoms with Crippen molar-refractivity contribution >= 4 is 0 Å². The molecule has 25 heavy (non-hydrogen) atoms. The summed E-state index contributed by atoms with van der Waals surface area (Å²) in [6.45, 7) is 22.3. The van der Waals surface area contributed by atoms with Crippen molar-refractivity contribution < 1.29 is 9.47 Å². The van der Waals surface area contributed by atoms with Crippen LogP contribution in [-0.4, -0.2) is 26.4 Å². The van der Waals surface area contributed by atoms with Gasteiger partial charge in [-0.1, -0.05) is 74.7 Å². The van der Waals surface area contributed by atoms with E-state index in [1.165, 1.54) is 25.7 Å². The van der Waals surface area contributed by atoms with Crippen molar-refractivity contribution in [3.05, 3.63) is 0 Å². The second kappa shape index (κ2) is 10.9. The Bertz CT molecular complexity index is 322. The van der Waals surface area contributed by atoms with Gasteiger partial charge in [-0.3, -0.25) is 0 Å². The Kier molecular flexibility index (Phi) is 10.0. The van der Waals surface area contributed by atoms with Crippen LogP contribution in [0.1, 0.15) is 81.1 Å². The molecule has 150 valence electrons. The van der Waals surface area contributed by atoms with Gasteiger partial charge < -0.3 is 9.47 Å². The van der Waals surface area contributed by atoms with Gasteiger partial charge in [0, 0.05) is 18.6 Å². The van der Waals surface area contributed by atoms with E-state index in [-0.39, 0.29) is 0 Å². The summed E-state index contributed by atoms with van der Waals surface area (Å²) in [5, 5.41) is 0. The summed E-state index contributed by atoms with van der Waals surface area (Å²) in [6, 6.07) is 0. The quantitative estimate of drug-likeness (QED) is 0.578. The van der Waals surface area contributed by atoms with Crippen LogP contribution in [0.2, 0.25) is 0 Å². The maximum absolute atomic E-state index is 5.26. The first-order chi connectivity index (χ1) is 11.7. The zero-order valence-corrected chi connectivity index (χ0v) is 18.4. The van der Waals surface area contributed by atoms with Crippen molar-refractivity contribution in [1.29, 1.82) is 0 Å². The average molecular weight is 355 g/mol. The van der Waals surface area contributed by atoms with Gasteiger partial charge in [0.05, 0.1) is 13.2 Å². The number of hydrogen-bond acceptors (Lipinski definition) is 2. The van der Waals surface area contributed by atoms with Crippen molar-refractivity contribution in [3.63, 3.8) is 0 Å². The van der Waals surface area contributed by atoms with Gasteiger partial charge in [-0.25, -0.2) is 0 Å². The van der Waals surface area contributed by atoms with E-state index in [2.05, 4.69) is 55.4 Å². The third-order valence-electron chi connectivity index (χ3n) is 7.04. The first-order valence-corrected chi connectivity index (χ1v) is 10.9. The van der Waals surface area contributed by atoms with E-state index < -0.39 is 0 Å². The lowest BCUT2D eigenvalue weighted by Crippen LogP contribution is -2.50. The normalized spacial score (nSPS) is 25.2. The van der Waals surface area contributed by atoms with E-state index in [0.717, 1.165) is 61.9 Å². The largest absolute Gasteiger partial charge is 0.381 e. The summed E-state index contributed by atoms with van der Waals surface area (Å²) in [4.78, 5) is 0. The Morgan fingerprint density at radius 2 is 1.20 bits per heavy atom. The molecule has 2 heterocycles. The van der Waals surface area contributed by atoms with Crippen LogP contribution in [0.25, 0.3) is 0 Å². The third-order valence-corrected chi connectivity index (χ3v) is 7.04. The molecule has 3 aliphatic rings. The highest BCUT2D eigenvalue weighted by Gasteiger charge is 2.43. The van der Waals surface area contributed by atoms with E-state index in [4.69, 9.17) is 9.47 Å². The average Bonchev–Trinajstić information content (AvgIpc) is 2.88. The maximum Gasteiger partial charge on any atom is 0.0549 e. The Morgan fingerprint density at radius 1 is 0.680 bits per heavy atom. The SMILES string of the molecule is CC(C)C1(C(C)C)COC1.CC(C)C1CCC1.CC(C)C1CCOC1. The van der Waals surface area contributed by atoms with Crippen LogP contribution >= 0.6 is 0 Å². The van der Waals surface area contributed by atoms with Crippen LogP contribution in [0.5, 0.6) is 0 Å². The second-order valence-corrected chi connectivity index (χ2v) is 9.84. The van der Waals surface area contributed by atoms with Gasteiger partial charge in [0.15, 0.2) is 0 Å². The lowest BCUT2D eigenvalue weighted by molar-refractivity contribution is -0.164. The molecule has 2 nitrogen and oxygen atoms in total. The molecule has 0 bridgehead atoms. The first-order valence-electron chi connectivity index (χ1n) is 10.9. The molecule has 2 saturated heterocycles. The molecule has 1 aliphatic carbocycles. The van der Waals surface area contributed by atoms with Crippen molar-refractivity contribution in [2.24, 2.45) is 40.9 Å². The van der Waals surface area contributed by atoms with Crippen LogP contribution in [0.15, 0.2) is 0 Å². The predicted octanol–water partition coefficient (Wildman–Crippen LogP) is 6.44. The Hall–Kier alpha value is -0.0800. The summed E-state index contributed by atoms with van der Waals surface area (Å²) in [7, 11) is 0. The van der Waals surface area contributed by atoms with Crippen LogP contribution < -0.4 is 0 Å². The summed E-state index contributed by atoms with van der Waals surface area (Å²) < 4.78 is 10.5. The van der Waals surface area contributed by atoms with Gasteiger partial charge in [-0.2, -0.15) is 0 Å². The minimum absolute atomic E-state index is 0.500. The molecule has 1 saturated carbocycles. The molecule has 2 heteroatoms. The zero-order valence-electron chi connectivity index (χ0n) is 18.4. The van der Waals surface area contributed by atoms with Crippen LogP contribution in [0.3, 0.4) is 0 Å². The number of rotatable bonds is 4. The summed E-state index contributed by atoms with van der Waals surface area (Å²) in [6.07, 6.45) is 5.76. The van der Waals surface area contributed by atoms with Gasteiger partial charge in [0.2, 0.25) is 0 Å². The van der Waals surface area contributed by atoms with Gasteiger partial charge in [0.25, 0.3) is 0 Å². The Balaban J connectivity index is 0.000000191. The molecule has 2 aliphatic heterocycles. The lowest BCUT2D eigenvalue weighted by atomic mass is 9.67. The Labute approximate surface area is 158 Å². The predicted molar refractivity (Wildman–Crippen MR) is 109 cm³/mol. The molecule has 0 N–H and O–H groups in total. The van der Waals surface area contributed by atoms with Gasteiger partial charge in [-0.15, -0.1) is 0 Å². The highest BCUT2D eigenvalue weighted by molar-refractivity contribution is 4.90. The molecule has 0 aromatic rings. The maximum atomic E-state index is 5.26. The van der Waals surface area contributed by atoms with E-state index >= 15 is 0 Å². The van der Waals surface area contributed by atoms with E-state index in [1.807, 2.05) is 0 Å². The van der Waals surface area contributed by atoms with E-state index in [1.54, 1.807) is 0 Å². The molecular weight excluding hydrogens is 308 g/mol. The summed E-state index contributed by atoms with van der Waals surface area (Å²) in [5.74, 6) is 5.23. The fourth-order valence-corrected chi connectivity index (χ4v) is 3.86. The fourth-order valence-electron chi connectivity index (χ4n) is 3.86. The van der Waals surface area contributed by atoms with Crippen LogP contribution in [0, 0.1) is 40.9 Å². The van der Waals surface area contributed by atoms with Gasteiger partial charge in [0.1, 0.15) is 0 Å². The van der Waals surface area contributed by atoms with E-state index in [0.29, 0.717) is 5.41 Å². The molecule has 0 spiro atoms. The molecule has 1 unspecified atom stereocenters. The van der Waals surface area contributed by atoms with Crippen molar-refractivity contribution in [1.82, 2.24) is 0 Å². The molecule has 3 rings (SSSR count). The highest BCUT2D eigenvalue weighted by atomic mass is 16.5. The minimum Gasteiger partial charge on any atom is -0.381 e. The van der Waals surface area contributed by atoms with E-state index in [9.17, 15) is 0 Å². The number of hydrogen-bond donors (Lipinski definition) is 0. The molecule has 0 aromatic carbocycles.